The third kappa shape index (κ3) is 3.35. The number of halogens is 1. The van der Waals surface area contributed by atoms with E-state index in [9.17, 15) is 9.90 Å². The van der Waals surface area contributed by atoms with Crippen molar-refractivity contribution in [2.24, 2.45) is 5.11 Å². The molecule has 1 aromatic rings. The minimum Gasteiger partial charge on any atom is -0.467 e. The van der Waals surface area contributed by atoms with Crippen molar-refractivity contribution in [1.82, 2.24) is 0 Å². The Morgan fingerprint density at radius 3 is 2.59 bits per heavy atom. The van der Waals surface area contributed by atoms with Crippen LogP contribution in [0.4, 0.5) is 0 Å². The number of azide groups is 1. The summed E-state index contributed by atoms with van der Waals surface area (Å²) in [6.07, 6.45) is -1.54. The molecule has 7 heteroatoms. The van der Waals surface area contributed by atoms with Crippen molar-refractivity contribution >= 4 is 17.6 Å². The predicted octanol–water partition coefficient (Wildman–Crippen LogP) is 2.23. The molecular formula is C10H10ClN3O3. The predicted molar refractivity (Wildman–Crippen MR) is 61.4 cm³/mol. The van der Waals surface area contributed by atoms with E-state index in [0.29, 0.717) is 10.6 Å². The summed E-state index contributed by atoms with van der Waals surface area (Å²) < 4.78 is 4.39. The van der Waals surface area contributed by atoms with E-state index in [4.69, 9.17) is 17.1 Å². The highest BCUT2D eigenvalue weighted by Gasteiger charge is 2.27. The molecule has 6 nitrogen and oxygen atoms in total. The van der Waals surface area contributed by atoms with E-state index in [1.165, 1.54) is 0 Å². The highest BCUT2D eigenvalue weighted by molar-refractivity contribution is 6.30. The number of nitrogens with zero attached hydrogens (tertiary/aromatic N) is 3. The standard InChI is InChI=1S/C10H10ClN3O3/c1-17-10(16)9(15)8(13-14-12)6-2-4-7(11)5-3-6/h2-5,8-9,15H,1H3. The van der Waals surface area contributed by atoms with Gasteiger partial charge in [0.1, 0.15) is 0 Å². The van der Waals surface area contributed by atoms with Crippen molar-refractivity contribution < 1.29 is 14.6 Å². The van der Waals surface area contributed by atoms with Crippen LogP contribution in [0.3, 0.4) is 0 Å². The fourth-order valence-electron chi connectivity index (χ4n) is 1.28. The molecule has 17 heavy (non-hydrogen) atoms. The number of aliphatic hydroxyl groups excluding tert-OH is 1. The first-order chi connectivity index (χ1) is 8.10. The zero-order valence-electron chi connectivity index (χ0n) is 8.95. The molecule has 2 unspecified atom stereocenters. The molecular weight excluding hydrogens is 246 g/mol. The van der Waals surface area contributed by atoms with Crippen LogP contribution in [0.25, 0.3) is 10.4 Å². The van der Waals surface area contributed by atoms with Gasteiger partial charge in [-0.1, -0.05) is 28.8 Å². The quantitative estimate of drug-likeness (QED) is 0.387. The van der Waals surface area contributed by atoms with Crippen LogP contribution in [0.1, 0.15) is 11.6 Å². The molecule has 0 spiro atoms. The van der Waals surface area contributed by atoms with E-state index in [1.54, 1.807) is 24.3 Å². The van der Waals surface area contributed by atoms with Gasteiger partial charge in [0.25, 0.3) is 0 Å². The number of carbonyl (C=O) groups is 1. The van der Waals surface area contributed by atoms with Gasteiger partial charge in [-0.25, -0.2) is 4.79 Å². The van der Waals surface area contributed by atoms with Crippen molar-refractivity contribution in [1.29, 1.82) is 0 Å². The van der Waals surface area contributed by atoms with Gasteiger partial charge in [-0.2, -0.15) is 0 Å². The van der Waals surface area contributed by atoms with Crippen molar-refractivity contribution in [3.63, 3.8) is 0 Å². The van der Waals surface area contributed by atoms with Crippen molar-refractivity contribution in [3.8, 4) is 0 Å². The summed E-state index contributed by atoms with van der Waals surface area (Å²) in [4.78, 5) is 13.8. The topological polar surface area (TPSA) is 95.3 Å². The van der Waals surface area contributed by atoms with Gasteiger partial charge in [-0.3, -0.25) is 0 Å². The number of ether oxygens (including phenoxy) is 1. The minimum atomic E-state index is -1.54. The highest BCUT2D eigenvalue weighted by Crippen LogP contribution is 2.24. The lowest BCUT2D eigenvalue weighted by molar-refractivity contribution is -0.151. The minimum absolute atomic E-state index is 0.477. The number of aliphatic hydroxyl groups is 1. The molecule has 90 valence electrons. The molecule has 0 bridgehead atoms. The van der Waals surface area contributed by atoms with Crippen LogP contribution in [-0.2, 0) is 9.53 Å². The lowest BCUT2D eigenvalue weighted by Gasteiger charge is -2.16. The molecule has 0 aliphatic carbocycles. The van der Waals surface area contributed by atoms with E-state index in [2.05, 4.69) is 14.8 Å². The summed E-state index contributed by atoms with van der Waals surface area (Å²) in [5.41, 5.74) is 8.90. The third-order valence-corrected chi connectivity index (χ3v) is 2.38. The van der Waals surface area contributed by atoms with Crippen LogP contribution in [0.2, 0.25) is 5.02 Å². The maximum atomic E-state index is 11.2. The smallest absolute Gasteiger partial charge is 0.335 e. The van der Waals surface area contributed by atoms with Crippen molar-refractivity contribution in [2.45, 2.75) is 12.1 Å². The average molecular weight is 256 g/mol. The molecule has 1 aromatic carbocycles. The lowest BCUT2D eigenvalue weighted by atomic mass is 10.0. The molecule has 0 heterocycles. The Morgan fingerprint density at radius 2 is 2.12 bits per heavy atom. The summed E-state index contributed by atoms with van der Waals surface area (Å²) in [6, 6.07) is 5.23. The molecule has 0 saturated heterocycles. The summed E-state index contributed by atoms with van der Waals surface area (Å²) in [5.74, 6) is -0.864. The van der Waals surface area contributed by atoms with Gasteiger partial charge in [0.15, 0.2) is 6.10 Å². The number of rotatable bonds is 4. The summed E-state index contributed by atoms with van der Waals surface area (Å²) in [7, 11) is 1.14. The number of carbonyl (C=O) groups excluding carboxylic acids is 1. The van der Waals surface area contributed by atoms with E-state index >= 15 is 0 Å². The van der Waals surface area contributed by atoms with Crippen molar-refractivity contribution in [2.75, 3.05) is 7.11 Å². The zero-order chi connectivity index (χ0) is 12.8. The van der Waals surface area contributed by atoms with E-state index in [0.717, 1.165) is 7.11 Å². The molecule has 1 rings (SSSR count). The first-order valence-corrected chi connectivity index (χ1v) is 5.03. The highest BCUT2D eigenvalue weighted by atomic mass is 35.5. The number of hydrogen-bond acceptors (Lipinski definition) is 4. The fraction of sp³-hybridized carbons (Fsp3) is 0.300. The van der Waals surface area contributed by atoms with Gasteiger partial charge in [0, 0.05) is 9.93 Å². The molecule has 2 atom stereocenters. The second-order valence-corrected chi connectivity index (χ2v) is 3.61. The molecule has 0 aliphatic heterocycles. The molecule has 0 radical (unpaired) electrons. The van der Waals surface area contributed by atoms with Crippen LogP contribution in [-0.4, -0.2) is 24.3 Å². The van der Waals surface area contributed by atoms with Crippen LogP contribution >= 0.6 is 11.6 Å². The summed E-state index contributed by atoms with van der Waals surface area (Å²) in [6.45, 7) is 0. The zero-order valence-corrected chi connectivity index (χ0v) is 9.70. The second kappa shape index (κ2) is 6.10. The van der Waals surface area contributed by atoms with Crippen LogP contribution in [0.5, 0.6) is 0 Å². The summed E-state index contributed by atoms with van der Waals surface area (Å²) in [5, 5.41) is 13.5. The Kier molecular flexibility index (Phi) is 4.78. The van der Waals surface area contributed by atoms with E-state index in [-0.39, 0.29) is 0 Å². The van der Waals surface area contributed by atoms with Crippen LogP contribution in [0.15, 0.2) is 29.4 Å². The van der Waals surface area contributed by atoms with Gasteiger partial charge in [0.05, 0.1) is 13.2 Å². The first kappa shape index (κ1) is 13.3. The molecule has 0 saturated carbocycles. The summed E-state index contributed by atoms with van der Waals surface area (Å²) >= 11 is 5.71. The van der Waals surface area contributed by atoms with Gasteiger partial charge in [-0.15, -0.1) is 0 Å². The van der Waals surface area contributed by atoms with Crippen LogP contribution < -0.4 is 0 Å². The van der Waals surface area contributed by atoms with Gasteiger partial charge >= 0.3 is 5.97 Å². The fourth-order valence-corrected chi connectivity index (χ4v) is 1.40. The van der Waals surface area contributed by atoms with E-state index in [1.807, 2.05) is 0 Å². The van der Waals surface area contributed by atoms with Gasteiger partial charge in [-0.05, 0) is 23.2 Å². The number of hydrogen-bond donors (Lipinski definition) is 1. The average Bonchev–Trinajstić information content (AvgIpc) is 2.35. The normalized spacial score (nSPS) is 13.4. The Labute approximate surface area is 102 Å². The number of methoxy groups -OCH3 is 1. The maximum Gasteiger partial charge on any atom is 0.335 e. The Bertz CT molecular complexity index is 443. The molecule has 0 fully saturated rings. The largest absolute Gasteiger partial charge is 0.467 e. The SMILES string of the molecule is COC(=O)C(O)C(N=[N+]=[N-])c1ccc(Cl)cc1. The van der Waals surface area contributed by atoms with Crippen LogP contribution in [0, 0.1) is 0 Å². The monoisotopic (exact) mass is 255 g/mol. The Balaban J connectivity index is 3.04. The van der Waals surface area contributed by atoms with E-state index < -0.39 is 18.1 Å². The van der Waals surface area contributed by atoms with Gasteiger partial charge < -0.3 is 9.84 Å². The lowest BCUT2D eigenvalue weighted by Crippen LogP contribution is -2.27. The first-order valence-electron chi connectivity index (χ1n) is 4.65. The molecule has 0 amide bonds. The van der Waals surface area contributed by atoms with Gasteiger partial charge in [0.2, 0.25) is 0 Å². The van der Waals surface area contributed by atoms with Crippen molar-refractivity contribution in [3.05, 3.63) is 45.3 Å². The third-order valence-electron chi connectivity index (χ3n) is 2.13. The molecule has 0 aliphatic rings. The molecule has 1 N–H and O–H groups in total. The molecule has 0 aromatic heterocycles. The Morgan fingerprint density at radius 1 is 1.53 bits per heavy atom. The number of esters is 1. The Hall–Kier alpha value is -1.75. The maximum absolute atomic E-state index is 11.2. The second-order valence-electron chi connectivity index (χ2n) is 3.17. The number of benzene rings is 1.